The Balaban J connectivity index is 5.80. The summed E-state index contributed by atoms with van der Waals surface area (Å²) in [5.41, 5.74) is 5.60. The third-order valence-electron chi connectivity index (χ3n) is 6.79. The zero-order valence-electron chi connectivity index (χ0n) is 26.2. The predicted octanol–water partition coefficient (Wildman–Crippen LogP) is -0.381. The molecule has 0 aromatic carbocycles. The van der Waals surface area contributed by atoms with Gasteiger partial charge >= 0.3 is 11.9 Å². The molecule has 9 N–H and O–H groups in total. The second-order valence-electron chi connectivity index (χ2n) is 11.2. The van der Waals surface area contributed by atoms with Crippen molar-refractivity contribution in [3.8, 4) is 0 Å². The molecule has 15 heteroatoms. The van der Waals surface area contributed by atoms with E-state index in [1.165, 1.54) is 6.92 Å². The molecule has 7 atom stereocenters. The molecule has 15 nitrogen and oxygen atoms in total. The molecule has 0 aliphatic heterocycles. The van der Waals surface area contributed by atoms with Crippen LogP contribution in [0.1, 0.15) is 87.0 Å². The maximum atomic E-state index is 13.1. The fraction of sp³-hybridized carbons (Fsp3) is 0.750. The van der Waals surface area contributed by atoms with Crippen LogP contribution in [-0.2, 0) is 33.6 Å². The van der Waals surface area contributed by atoms with Gasteiger partial charge < -0.3 is 42.5 Å². The Morgan fingerprint density at radius 2 is 1.09 bits per heavy atom. The van der Waals surface area contributed by atoms with Gasteiger partial charge in [0.2, 0.25) is 29.5 Å². The molecule has 0 fully saturated rings. The maximum Gasteiger partial charge on any atom is 0.326 e. The first-order valence-corrected chi connectivity index (χ1v) is 14.7. The smallest absolute Gasteiger partial charge is 0.326 e. The summed E-state index contributed by atoms with van der Waals surface area (Å²) in [5, 5.41) is 31.2. The number of rotatable bonds is 20. The number of hydrogen-bond donors (Lipinski definition) is 8. The normalized spacial score (nSPS) is 15.9. The van der Waals surface area contributed by atoms with Crippen molar-refractivity contribution in [2.75, 3.05) is 0 Å². The van der Waals surface area contributed by atoms with Gasteiger partial charge in [-0.15, -0.1) is 0 Å². The highest BCUT2D eigenvalue weighted by molar-refractivity contribution is 5.97. The van der Waals surface area contributed by atoms with Crippen molar-refractivity contribution in [2.45, 2.75) is 123 Å². The summed E-state index contributed by atoms with van der Waals surface area (Å²) in [6.45, 7) is 11.9. The minimum absolute atomic E-state index is 0.00547. The Kier molecular flexibility index (Phi) is 17.7. The van der Waals surface area contributed by atoms with Crippen molar-refractivity contribution in [2.24, 2.45) is 17.6 Å². The van der Waals surface area contributed by atoms with Crippen LogP contribution < -0.4 is 32.3 Å². The molecule has 0 aliphatic carbocycles. The van der Waals surface area contributed by atoms with Crippen LogP contribution in [0.4, 0.5) is 0 Å². The number of aliphatic carboxylic acids is 2. The second-order valence-corrected chi connectivity index (χ2v) is 11.2. The van der Waals surface area contributed by atoms with Gasteiger partial charge in [-0.2, -0.15) is 0 Å². The average Bonchev–Trinajstić information content (AvgIpc) is 2.91. The largest absolute Gasteiger partial charge is 0.481 e. The van der Waals surface area contributed by atoms with Crippen molar-refractivity contribution in [1.82, 2.24) is 26.6 Å². The zero-order chi connectivity index (χ0) is 33.4. The molecule has 0 bridgehead atoms. The molecular weight excluding hydrogens is 564 g/mol. The van der Waals surface area contributed by atoms with Crippen LogP contribution in [0.5, 0.6) is 0 Å². The molecule has 0 heterocycles. The second kappa shape index (κ2) is 19.4. The topological polar surface area (TPSA) is 246 Å². The van der Waals surface area contributed by atoms with E-state index in [0.29, 0.717) is 12.8 Å². The van der Waals surface area contributed by atoms with E-state index in [0.717, 1.165) is 0 Å². The monoisotopic (exact) mass is 614 g/mol. The van der Waals surface area contributed by atoms with Crippen LogP contribution in [0.15, 0.2) is 0 Å². The van der Waals surface area contributed by atoms with Gasteiger partial charge in [-0.1, -0.05) is 54.4 Å². The van der Waals surface area contributed by atoms with E-state index in [4.69, 9.17) is 5.73 Å². The van der Waals surface area contributed by atoms with Crippen molar-refractivity contribution in [3.05, 3.63) is 0 Å². The van der Waals surface area contributed by atoms with E-state index in [1.807, 2.05) is 13.8 Å². The molecule has 5 amide bonds. The van der Waals surface area contributed by atoms with Crippen LogP contribution in [-0.4, -0.2) is 87.9 Å². The summed E-state index contributed by atoms with van der Waals surface area (Å²) in [7, 11) is 0. The highest BCUT2D eigenvalue weighted by Gasteiger charge is 2.33. The molecule has 0 unspecified atom stereocenters. The van der Waals surface area contributed by atoms with E-state index < -0.39 is 90.1 Å². The van der Waals surface area contributed by atoms with E-state index >= 15 is 0 Å². The van der Waals surface area contributed by atoms with Crippen LogP contribution in [0.3, 0.4) is 0 Å². The van der Waals surface area contributed by atoms with Gasteiger partial charge in [0, 0.05) is 0 Å². The van der Waals surface area contributed by atoms with Crippen LogP contribution >= 0.6 is 0 Å². The standard InChI is InChI=1S/C28H50N6O9/c1-8-11-18(25(39)34-22(28(42)43)15(6)9-2)31-27(41)20(13-21(35)36)33-24(38)17(10-3)30-26(40)19(12-14(4)5)32-23(37)16(7)29/h14-20,22H,8-13,29H2,1-7H3,(H,30,40)(H,31,41)(H,32,37)(H,33,38)(H,34,39)(H,35,36)(H,42,43)/t15-,16-,17-,18-,19-,20-,22-/m0/s1. The molecule has 0 radical (unpaired) electrons. The lowest BCUT2D eigenvalue weighted by atomic mass is 9.98. The zero-order valence-corrected chi connectivity index (χ0v) is 26.2. The molecule has 0 saturated carbocycles. The Morgan fingerprint density at radius 1 is 0.628 bits per heavy atom. The van der Waals surface area contributed by atoms with E-state index in [-0.39, 0.29) is 25.2 Å². The van der Waals surface area contributed by atoms with Gasteiger partial charge in [-0.05, 0) is 38.0 Å². The Morgan fingerprint density at radius 3 is 1.53 bits per heavy atom. The first-order chi connectivity index (χ1) is 20.0. The molecule has 0 rings (SSSR count). The van der Waals surface area contributed by atoms with Crippen molar-refractivity contribution in [3.63, 3.8) is 0 Å². The van der Waals surface area contributed by atoms with Gasteiger partial charge in [-0.25, -0.2) is 4.79 Å². The summed E-state index contributed by atoms with van der Waals surface area (Å²) >= 11 is 0. The average molecular weight is 615 g/mol. The van der Waals surface area contributed by atoms with Crippen molar-refractivity contribution >= 4 is 41.5 Å². The summed E-state index contributed by atoms with van der Waals surface area (Å²) in [5.74, 6) is -6.82. The molecule has 0 aromatic heterocycles. The summed E-state index contributed by atoms with van der Waals surface area (Å²) in [4.78, 5) is 87.5. The van der Waals surface area contributed by atoms with Crippen molar-refractivity contribution < 1.29 is 43.8 Å². The lowest BCUT2D eigenvalue weighted by Crippen LogP contribution is -2.59. The van der Waals surface area contributed by atoms with Gasteiger partial charge in [0.1, 0.15) is 30.2 Å². The molecule has 0 saturated heterocycles. The first kappa shape index (κ1) is 39.2. The maximum absolute atomic E-state index is 13.1. The number of nitrogens with one attached hydrogen (secondary N) is 5. The summed E-state index contributed by atoms with van der Waals surface area (Å²) in [6.07, 6.45) is 0.523. The van der Waals surface area contributed by atoms with Gasteiger partial charge in [0.25, 0.3) is 0 Å². The molecule has 246 valence electrons. The third-order valence-corrected chi connectivity index (χ3v) is 6.79. The minimum Gasteiger partial charge on any atom is -0.481 e. The Hall–Kier alpha value is -3.75. The third kappa shape index (κ3) is 14.3. The van der Waals surface area contributed by atoms with Crippen molar-refractivity contribution in [1.29, 1.82) is 0 Å². The Bertz CT molecular complexity index is 988. The number of amides is 5. The minimum atomic E-state index is -1.61. The van der Waals surface area contributed by atoms with E-state index in [9.17, 15) is 43.8 Å². The number of carboxylic acids is 2. The molecule has 0 aromatic rings. The fourth-order valence-corrected chi connectivity index (χ4v) is 4.05. The summed E-state index contributed by atoms with van der Waals surface area (Å²) in [6, 6.07) is -7.04. The van der Waals surface area contributed by atoms with Crippen LogP contribution in [0, 0.1) is 11.8 Å². The molecule has 43 heavy (non-hydrogen) atoms. The van der Waals surface area contributed by atoms with Gasteiger partial charge in [0.15, 0.2) is 0 Å². The number of hydrogen-bond acceptors (Lipinski definition) is 8. The highest BCUT2D eigenvalue weighted by Crippen LogP contribution is 2.10. The number of carboxylic acid groups (broad SMARTS) is 2. The van der Waals surface area contributed by atoms with Crippen LogP contribution in [0.2, 0.25) is 0 Å². The van der Waals surface area contributed by atoms with E-state index in [2.05, 4.69) is 26.6 Å². The molecule has 0 spiro atoms. The number of carbonyl (C=O) groups is 7. The number of nitrogens with two attached hydrogens (primary N) is 1. The first-order valence-electron chi connectivity index (χ1n) is 14.7. The molecule has 0 aliphatic rings. The lowest BCUT2D eigenvalue weighted by molar-refractivity contribution is -0.144. The van der Waals surface area contributed by atoms with E-state index in [1.54, 1.807) is 27.7 Å². The SMILES string of the molecule is CCC[C@H](NC(=O)[C@H](CC(=O)O)NC(=O)[C@H](CC)NC(=O)[C@H](CC(C)C)NC(=O)[C@H](C)N)C(=O)N[C@H](C(=O)O)[C@@H](C)CC. The molecular formula is C28H50N6O9. The fourth-order valence-electron chi connectivity index (χ4n) is 4.05. The van der Waals surface area contributed by atoms with Crippen LogP contribution in [0.25, 0.3) is 0 Å². The summed E-state index contributed by atoms with van der Waals surface area (Å²) < 4.78 is 0. The van der Waals surface area contributed by atoms with Gasteiger partial charge in [-0.3, -0.25) is 28.8 Å². The highest BCUT2D eigenvalue weighted by atomic mass is 16.4. The van der Waals surface area contributed by atoms with Gasteiger partial charge in [0.05, 0.1) is 12.5 Å². The number of carbonyl (C=O) groups excluding carboxylic acids is 5. The Labute approximate surface area is 252 Å². The predicted molar refractivity (Wildman–Crippen MR) is 157 cm³/mol. The quantitative estimate of drug-likeness (QED) is 0.0883. The lowest BCUT2D eigenvalue weighted by Gasteiger charge is -2.27.